The van der Waals surface area contributed by atoms with E-state index in [0.717, 1.165) is 5.56 Å². The van der Waals surface area contributed by atoms with Crippen LogP contribution in [-0.4, -0.2) is 29.4 Å². The maximum Gasteiger partial charge on any atom is 0.322 e. The number of benzene rings is 1. The molecule has 0 saturated heterocycles. The molecule has 4 nitrogen and oxygen atoms in total. The highest BCUT2D eigenvalue weighted by Gasteiger charge is 2.41. The van der Waals surface area contributed by atoms with E-state index in [0.29, 0.717) is 12.3 Å². The van der Waals surface area contributed by atoms with Crippen LogP contribution in [0.5, 0.6) is 0 Å². The molecule has 5 heteroatoms. The van der Waals surface area contributed by atoms with Crippen LogP contribution in [-0.2, 0) is 19.7 Å². The molecule has 22 heavy (non-hydrogen) atoms. The normalized spacial score (nSPS) is 13.2. The summed E-state index contributed by atoms with van der Waals surface area (Å²) < 4.78 is 12.2. The van der Waals surface area contributed by atoms with Gasteiger partial charge < -0.3 is 9.47 Å². The van der Waals surface area contributed by atoms with Crippen LogP contribution in [0.25, 0.3) is 0 Å². The summed E-state index contributed by atoms with van der Waals surface area (Å²) in [5.74, 6) is -0.319. The highest BCUT2D eigenvalue weighted by Crippen LogP contribution is 2.34. The summed E-state index contributed by atoms with van der Waals surface area (Å²) in [4.78, 5) is 12.7. The number of ether oxygens (including phenoxy) is 2. The largest absolute Gasteiger partial charge is 0.474 e. The van der Waals surface area contributed by atoms with Crippen LogP contribution >= 0.6 is 12.2 Å². The van der Waals surface area contributed by atoms with E-state index in [4.69, 9.17) is 21.7 Å². The molecular formula is C17H19NO3S. The van der Waals surface area contributed by atoms with Crippen LogP contribution in [0.15, 0.2) is 48.7 Å². The number of carbonyl (C=O) groups is 1. The second kappa shape index (κ2) is 6.75. The lowest BCUT2D eigenvalue weighted by Crippen LogP contribution is -2.38. The lowest BCUT2D eigenvalue weighted by atomic mass is 9.79. The van der Waals surface area contributed by atoms with Crippen LogP contribution in [0, 0.1) is 0 Å². The second-order valence-corrected chi connectivity index (χ2v) is 5.29. The fourth-order valence-corrected chi connectivity index (χ4v) is 2.62. The maximum atomic E-state index is 12.7. The summed E-state index contributed by atoms with van der Waals surface area (Å²) in [6, 6.07) is 13.2. The molecule has 2 rings (SSSR count). The number of methoxy groups -OCH3 is 1. The van der Waals surface area contributed by atoms with Crippen molar-refractivity contribution in [3.8, 4) is 0 Å². The fraction of sp³-hybridized carbons (Fsp3) is 0.294. The van der Waals surface area contributed by atoms with Crippen molar-refractivity contribution in [1.29, 1.82) is 0 Å². The van der Waals surface area contributed by atoms with Gasteiger partial charge in [0.05, 0.1) is 13.7 Å². The van der Waals surface area contributed by atoms with Crippen molar-refractivity contribution in [2.24, 2.45) is 0 Å². The molecule has 0 amide bonds. The topological polar surface area (TPSA) is 40.5 Å². The number of thiocarbonyl (C=S) groups is 1. The van der Waals surface area contributed by atoms with Gasteiger partial charge in [0.25, 0.3) is 5.17 Å². The van der Waals surface area contributed by atoms with Crippen molar-refractivity contribution in [1.82, 2.24) is 4.57 Å². The number of hydrogen-bond acceptors (Lipinski definition) is 4. The third kappa shape index (κ3) is 2.76. The van der Waals surface area contributed by atoms with Crippen molar-refractivity contribution in [2.75, 3.05) is 13.7 Å². The van der Waals surface area contributed by atoms with E-state index in [1.54, 1.807) is 17.7 Å². The van der Waals surface area contributed by atoms with Crippen LogP contribution < -0.4 is 0 Å². The predicted octanol–water partition coefficient (Wildman–Crippen LogP) is 3.14. The minimum atomic E-state index is -0.969. The molecule has 2 aromatic rings. The zero-order valence-corrected chi connectivity index (χ0v) is 13.7. The van der Waals surface area contributed by atoms with Crippen molar-refractivity contribution in [2.45, 2.75) is 19.3 Å². The predicted molar refractivity (Wildman–Crippen MR) is 89.0 cm³/mol. The van der Waals surface area contributed by atoms with Gasteiger partial charge in [-0.05, 0) is 43.8 Å². The molecule has 0 bridgehead atoms. The Morgan fingerprint density at radius 3 is 2.50 bits per heavy atom. The minimum Gasteiger partial charge on any atom is -0.474 e. The number of aromatic nitrogens is 1. The van der Waals surface area contributed by atoms with Crippen molar-refractivity contribution in [3.05, 3.63) is 59.9 Å². The first-order chi connectivity index (χ1) is 10.6. The van der Waals surface area contributed by atoms with E-state index in [9.17, 15) is 4.79 Å². The molecule has 0 radical (unpaired) electrons. The van der Waals surface area contributed by atoms with Crippen LogP contribution in [0.4, 0.5) is 0 Å². The first-order valence-corrected chi connectivity index (χ1v) is 7.45. The Morgan fingerprint density at radius 2 is 1.91 bits per heavy atom. The van der Waals surface area contributed by atoms with Gasteiger partial charge in [-0.15, -0.1) is 0 Å². The van der Waals surface area contributed by atoms with Gasteiger partial charge in [-0.2, -0.15) is 0 Å². The van der Waals surface area contributed by atoms with Gasteiger partial charge in [0, 0.05) is 11.9 Å². The van der Waals surface area contributed by atoms with Gasteiger partial charge in [-0.25, -0.2) is 0 Å². The van der Waals surface area contributed by atoms with E-state index in [2.05, 4.69) is 0 Å². The van der Waals surface area contributed by atoms with Gasteiger partial charge in [-0.1, -0.05) is 30.3 Å². The number of esters is 1. The van der Waals surface area contributed by atoms with Gasteiger partial charge >= 0.3 is 5.97 Å². The number of carbonyl (C=O) groups excluding carboxylic acids is 1. The molecule has 1 heterocycles. The lowest BCUT2D eigenvalue weighted by molar-refractivity contribution is -0.148. The SMILES string of the molecule is CCOC(=O)C(C)(c1ccccc1)c1cccn1C(=S)OC. The molecule has 1 atom stereocenters. The van der Waals surface area contributed by atoms with Gasteiger partial charge in [0.1, 0.15) is 5.41 Å². The molecule has 1 aromatic heterocycles. The van der Waals surface area contributed by atoms with Gasteiger partial charge in [0.15, 0.2) is 0 Å². The first-order valence-electron chi connectivity index (χ1n) is 7.04. The quantitative estimate of drug-likeness (QED) is 0.642. The highest BCUT2D eigenvalue weighted by atomic mass is 32.1. The Hall–Kier alpha value is -2.14. The van der Waals surface area contributed by atoms with Crippen molar-refractivity contribution in [3.63, 3.8) is 0 Å². The Balaban J connectivity index is 2.62. The summed E-state index contributed by atoms with van der Waals surface area (Å²) >= 11 is 5.22. The Labute approximate surface area is 135 Å². The first kappa shape index (κ1) is 16.2. The van der Waals surface area contributed by atoms with Crippen LogP contribution in [0.2, 0.25) is 0 Å². The molecule has 0 spiro atoms. The minimum absolute atomic E-state index is 0.284. The molecule has 1 unspecified atom stereocenters. The summed E-state index contributed by atoms with van der Waals surface area (Å²) in [7, 11) is 1.51. The van der Waals surface area contributed by atoms with Crippen molar-refractivity contribution >= 4 is 23.4 Å². The monoisotopic (exact) mass is 317 g/mol. The smallest absolute Gasteiger partial charge is 0.322 e. The zero-order chi connectivity index (χ0) is 16.2. The molecule has 1 aromatic carbocycles. The highest BCUT2D eigenvalue weighted by molar-refractivity contribution is 7.80. The summed E-state index contributed by atoms with van der Waals surface area (Å²) in [5.41, 5.74) is 0.583. The van der Waals surface area contributed by atoms with E-state index in [-0.39, 0.29) is 11.1 Å². The Morgan fingerprint density at radius 1 is 1.23 bits per heavy atom. The molecule has 0 N–H and O–H groups in total. The van der Waals surface area contributed by atoms with Gasteiger partial charge in [0.2, 0.25) is 0 Å². The molecule has 0 fully saturated rings. The van der Waals surface area contributed by atoms with Gasteiger partial charge in [-0.3, -0.25) is 9.36 Å². The fourth-order valence-electron chi connectivity index (χ4n) is 2.46. The molecule has 0 aliphatic carbocycles. The van der Waals surface area contributed by atoms with Crippen LogP contribution in [0.1, 0.15) is 25.1 Å². The third-order valence-corrected chi connectivity index (χ3v) is 4.03. The summed E-state index contributed by atoms with van der Waals surface area (Å²) in [6.07, 6.45) is 1.78. The average molecular weight is 317 g/mol. The van der Waals surface area contributed by atoms with E-state index < -0.39 is 5.41 Å². The van der Waals surface area contributed by atoms with E-state index in [1.807, 2.05) is 49.4 Å². The maximum absolute atomic E-state index is 12.7. The third-order valence-electron chi connectivity index (χ3n) is 3.67. The van der Waals surface area contributed by atoms with Crippen LogP contribution in [0.3, 0.4) is 0 Å². The molecule has 0 aliphatic heterocycles. The Bertz CT molecular complexity index is 666. The second-order valence-electron chi connectivity index (χ2n) is 4.94. The molecular weight excluding hydrogens is 298 g/mol. The molecule has 116 valence electrons. The van der Waals surface area contributed by atoms with E-state index in [1.165, 1.54) is 7.11 Å². The van der Waals surface area contributed by atoms with E-state index >= 15 is 0 Å². The standard InChI is InChI=1S/C17H19NO3S/c1-4-21-15(19)17(2,13-9-6-5-7-10-13)14-11-8-12-18(14)16(22)20-3/h5-12H,4H2,1-3H3. The number of nitrogens with zero attached hydrogens (tertiary/aromatic N) is 1. The van der Waals surface area contributed by atoms with Crippen molar-refractivity contribution < 1.29 is 14.3 Å². The molecule has 0 aliphatic rings. The summed E-state index contributed by atoms with van der Waals surface area (Å²) in [5, 5.41) is 0.284. The Kier molecular flexibility index (Phi) is 4.98. The summed E-state index contributed by atoms with van der Waals surface area (Å²) in [6.45, 7) is 3.95. The zero-order valence-electron chi connectivity index (χ0n) is 12.9. The number of rotatable bonds is 4. The molecule has 0 saturated carbocycles. The number of hydrogen-bond donors (Lipinski definition) is 0. The lowest BCUT2D eigenvalue weighted by Gasteiger charge is -2.29. The average Bonchev–Trinajstić information content (AvgIpc) is 3.04.